The van der Waals surface area contributed by atoms with Gasteiger partial charge < -0.3 is 10.5 Å². The van der Waals surface area contributed by atoms with Crippen LogP contribution in [-0.2, 0) is 6.54 Å². The molecule has 1 rings (SSSR count). The Bertz CT molecular complexity index is 335. The second-order valence-corrected chi connectivity index (χ2v) is 3.77. The molecule has 1 heterocycles. The Balaban J connectivity index is 2.77. The van der Waals surface area contributed by atoms with Gasteiger partial charge in [0.25, 0.3) is 0 Å². The summed E-state index contributed by atoms with van der Waals surface area (Å²) in [5, 5.41) is 9.50. The number of halogens is 1. The minimum absolute atomic E-state index is 0.125. The zero-order valence-electron chi connectivity index (χ0n) is 9.28. The van der Waals surface area contributed by atoms with Crippen molar-refractivity contribution in [1.82, 2.24) is 9.88 Å². The number of hydrogen-bond donors (Lipinski definition) is 3. The van der Waals surface area contributed by atoms with Crippen LogP contribution in [0.5, 0.6) is 0 Å². The number of rotatable bonds is 6. The standard InChI is InChI=1S/C10H17ClN4O/c1-2-15(5-6-16)7-9-8(11)3-4-10(13-9)14-12/h3-4,16H,2,5-7,12H2,1H3,(H,13,14). The van der Waals surface area contributed by atoms with Crippen molar-refractivity contribution in [3.05, 3.63) is 22.8 Å². The van der Waals surface area contributed by atoms with Gasteiger partial charge in [-0.25, -0.2) is 10.8 Å². The summed E-state index contributed by atoms with van der Waals surface area (Å²) in [5.74, 6) is 5.86. The summed E-state index contributed by atoms with van der Waals surface area (Å²) in [6, 6.07) is 3.47. The molecule has 0 saturated carbocycles. The quantitative estimate of drug-likeness (QED) is 0.511. The van der Waals surface area contributed by atoms with Crippen LogP contribution in [0.4, 0.5) is 5.82 Å². The molecule has 0 aromatic carbocycles. The monoisotopic (exact) mass is 244 g/mol. The third-order valence-electron chi connectivity index (χ3n) is 2.30. The first-order chi connectivity index (χ1) is 7.71. The van der Waals surface area contributed by atoms with Gasteiger partial charge in [-0.1, -0.05) is 18.5 Å². The molecule has 0 saturated heterocycles. The van der Waals surface area contributed by atoms with Gasteiger partial charge in [0.15, 0.2) is 0 Å². The van der Waals surface area contributed by atoms with Crippen molar-refractivity contribution in [2.75, 3.05) is 25.1 Å². The highest BCUT2D eigenvalue weighted by Gasteiger charge is 2.08. The van der Waals surface area contributed by atoms with Crippen molar-refractivity contribution in [1.29, 1.82) is 0 Å². The normalized spacial score (nSPS) is 10.8. The molecule has 0 amide bonds. The minimum Gasteiger partial charge on any atom is -0.395 e. The van der Waals surface area contributed by atoms with Crippen molar-refractivity contribution in [2.24, 2.45) is 5.84 Å². The van der Waals surface area contributed by atoms with Crippen LogP contribution in [0.15, 0.2) is 12.1 Å². The second-order valence-electron chi connectivity index (χ2n) is 3.36. The Morgan fingerprint density at radius 2 is 2.31 bits per heavy atom. The van der Waals surface area contributed by atoms with Crippen molar-refractivity contribution in [2.45, 2.75) is 13.5 Å². The number of hydrogen-bond acceptors (Lipinski definition) is 5. The summed E-state index contributed by atoms with van der Waals surface area (Å²) in [5.41, 5.74) is 3.24. The van der Waals surface area contributed by atoms with Crippen LogP contribution in [0.1, 0.15) is 12.6 Å². The average molecular weight is 245 g/mol. The fourth-order valence-corrected chi connectivity index (χ4v) is 1.54. The van der Waals surface area contributed by atoms with Gasteiger partial charge in [-0.05, 0) is 18.7 Å². The summed E-state index contributed by atoms with van der Waals surface area (Å²) in [7, 11) is 0. The molecule has 6 heteroatoms. The molecule has 0 atom stereocenters. The summed E-state index contributed by atoms with van der Waals surface area (Å²) >= 11 is 6.03. The highest BCUT2D eigenvalue weighted by molar-refractivity contribution is 6.31. The van der Waals surface area contributed by atoms with Crippen molar-refractivity contribution < 1.29 is 5.11 Å². The largest absolute Gasteiger partial charge is 0.395 e. The lowest BCUT2D eigenvalue weighted by Gasteiger charge is -2.19. The van der Waals surface area contributed by atoms with E-state index >= 15 is 0 Å². The predicted molar refractivity (Wildman–Crippen MR) is 65.1 cm³/mol. The van der Waals surface area contributed by atoms with Gasteiger partial charge in [-0.3, -0.25) is 4.90 Å². The third-order valence-corrected chi connectivity index (χ3v) is 2.65. The van der Waals surface area contributed by atoms with Crippen LogP contribution in [0.2, 0.25) is 5.02 Å². The molecule has 16 heavy (non-hydrogen) atoms. The van der Waals surface area contributed by atoms with Crippen molar-refractivity contribution in [3.63, 3.8) is 0 Å². The SMILES string of the molecule is CCN(CCO)Cc1nc(NN)ccc1Cl. The molecule has 0 spiro atoms. The van der Waals surface area contributed by atoms with Crippen molar-refractivity contribution in [3.8, 4) is 0 Å². The van der Waals surface area contributed by atoms with E-state index < -0.39 is 0 Å². The van der Waals surface area contributed by atoms with Crippen LogP contribution in [-0.4, -0.2) is 34.7 Å². The molecule has 0 fully saturated rings. The Hall–Kier alpha value is -0.880. The molecule has 0 radical (unpaired) electrons. The number of aliphatic hydroxyl groups excluding tert-OH is 1. The number of nitrogens with zero attached hydrogens (tertiary/aromatic N) is 2. The summed E-state index contributed by atoms with van der Waals surface area (Å²) in [6.45, 7) is 4.19. The third kappa shape index (κ3) is 3.61. The van der Waals surface area contributed by atoms with E-state index in [1.54, 1.807) is 12.1 Å². The maximum atomic E-state index is 8.89. The zero-order valence-corrected chi connectivity index (χ0v) is 10.0. The number of likely N-dealkylation sites (N-methyl/N-ethyl adjacent to an activating group) is 1. The lowest BCUT2D eigenvalue weighted by molar-refractivity contribution is 0.195. The lowest BCUT2D eigenvalue weighted by atomic mass is 10.3. The van der Waals surface area contributed by atoms with E-state index in [4.69, 9.17) is 22.6 Å². The van der Waals surface area contributed by atoms with E-state index in [2.05, 4.69) is 15.3 Å². The van der Waals surface area contributed by atoms with Gasteiger partial charge in [0.05, 0.1) is 17.3 Å². The van der Waals surface area contributed by atoms with Gasteiger partial charge in [-0.15, -0.1) is 0 Å². The number of nitrogen functional groups attached to an aromatic ring is 1. The number of anilines is 1. The van der Waals surface area contributed by atoms with Gasteiger partial charge in [-0.2, -0.15) is 0 Å². The van der Waals surface area contributed by atoms with Gasteiger partial charge in [0, 0.05) is 13.1 Å². The molecule has 90 valence electrons. The van der Waals surface area contributed by atoms with Gasteiger partial charge in [0.2, 0.25) is 0 Å². The predicted octanol–water partition coefficient (Wildman–Crippen LogP) is 0.835. The average Bonchev–Trinajstić information content (AvgIpc) is 2.31. The lowest BCUT2D eigenvalue weighted by Crippen LogP contribution is -2.27. The molecule has 0 aliphatic carbocycles. The Morgan fingerprint density at radius 1 is 1.56 bits per heavy atom. The van der Waals surface area contributed by atoms with E-state index in [0.717, 1.165) is 12.2 Å². The van der Waals surface area contributed by atoms with E-state index in [0.29, 0.717) is 23.9 Å². The van der Waals surface area contributed by atoms with Gasteiger partial charge in [0.1, 0.15) is 5.82 Å². The maximum Gasteiger partial charge on any atom is 0.140 e. The number of nitrogens with one attached hydrogen (secondary N) is 1. The van der Waals surface area contributed by atoms with Crippen LogP contribution >= 0.6 is 11.6 Å². The fourth-order valence-electron chi connectivity index (χ4n) is 1.38. The Morgan fingerprint density at radius 3 is 2.88 bits per heavy atom. The molecule has 1 aromatic rings. The molecule has 0 bridgehead atoms. The molecule has 5 nitrogen and oxygen atoms in total. The summed E-state index contributed by atoms with van der Waals surface area (Å²) < 4.78 is 0. The maximum absolute atomic E-state index is 8.89. The Kier molecular flexibility index (Phi) is 5.48. The van der Waals surface area contributed by atoms with Crippen LogP contribution in [0, 0.1) is 0 Å². The summed E-state index contributed by atoms with van der Waals surface area (Å²) in [4.78, 5) is 6.32. The Labute approximate surface area is 100 Å². The molecule has 0 aliphatic heterocycles. The zero-order chi connectivity index (χ0) is 12.0. The summed E-state index contributed by atoms with van der Waals surface area (Å²) in [6.07, 6.45) is 0. The first-order valence-electron chi connectivity index (χ1n) is 5.16. The van der Waals surface area contributed by atoms with E-state index in [9.17, 15) is 0 Å². The number of aliphatic hydroxyl groups is 1. The molecular formula is C10H17ClN4O. The smallest absolute Gasteiger partial charge is 0.140 e. The number of aromatic nitrogens is 1. The first kappa shape index (κ1) is 13.2. The molecular weight excluding hydrogens is 228 g/mol. The van der Waals surface area contributed by atoms with E-state index in [1.165, 1.54) is 0 Å². The number of pyridine rings is 1. The molecule has 4 N–H and O–H groups in total. The van der Waals surface area contributed by atoms with Crippen LogP contribution in [0.25, 0.3) is 0 Å². The molecule has 1 aromatic heterocycles. The number of nitrogens with two attached hydrogens (primary N) is 1. The van der Waals surface area contributed by atoms with Gasteiger partial charge >= 0.3 is 0 Å². The fraction of sp³-hybridized carbons (Fsp3) is 0.500. The topological polar surface area (TPSA) is 74.4 Å². The van der Waals surface area contributed by atoms with E-state index in [-0.39, 0.29) is 6.61 Å². The van der Waals surface area contributed by atoms with Crippen molar-refractivity contribution >= 4 is 17.4 Å². The van der Waals surface area contributed by atoms with E-state index in [1.807, 2.05) is 6.92 Å². The highest BCUT2D eigenvalue weighted by Crippen LogP contribution is 2.17. The molecule has 0 unspecified atom stereocenters. The minimum atomic E-state index is 0.125. The van der Waals surface area contributed by atoms with Crippen LogP contribution < -0.4 is 11.3 Å². The number of hydrazine groups is 1. The second kappa shape index (κ2) is 6.65. The first-order valence-corrected chi connectivity index (χ1v) is 5.54. The van der Waals surface area contributed by atoms with Crippen LogP contribution in [0.3, 0.4) is 0 Å². The molecule has 0 aliphatic rings. The highest BCUT2D eigenvalue weighted by atomic mass is 35.5.